The number of hydrogen-bond donors (Lipinski definition) is 2. The number of hydrogen-bond acceptors (Lipinski definition) is 3. The summed E-state index contributed by atoms with van der Waals surface area (Å²) in [6.07, 6.45) is 3.48. The second kappa shape index (κ2) is 6.68. The maximum absolute atomic E-state index is 14.0. The Morgan fingerprint density at radius 3 is 2.78 bits per heavy atom. The van der Waals surface area contributed by atoms with E-state index in [0.717, 1.165) is 5.56 Å². The van der Waals surface area contributed by atoms with Crippen LogP contribution in [0.1, 0.15) is 10.4 Å². The molecule has 4 rings (SSSR count). The number of aromatic amines is 1. The fourth-order valence-electron chi connectivity index (χ4n) is 2.77. The normalized spacial score (nSPS) is 11.1. The number of halogens is 3. The van der Waals surface area contributed by atoms with Gasteiger partial charge >= 0.3 is 0 Å². The molecule has 0 atom stereocenters. The smallest absolute Gasteiger partial charge is 0.257 e. The topological polar surface area (TPSA) is 75.6 Å². The molecule has 0 aliphatic heterocycles. The summed E-state index contributed by atoms with van der Waals surface area (Å²) in [7, 11) is 1.80. The van der Waals surface area contributed by atoms with E-state index in [9.17, 15) is 9.18 Å². The van der Waals surface area contributed by atoms with Gasteiger partial charge in [0.1, 0.15) is 11.5 Å². The lowest BCUT2D eigenvalue weighted by Gasteiger charge is -2.09. The summed E-state index contributed by atoms with van der Waals surface area (Å²) in [6, 6.07) is 7.36. The number of fused-ring (bicyclic) bond motifs is 1. The average Bonchev–Trinajstić information content (AvgIpc) is 3.23. The Balaban J connectivity index is 1.77. The molecule has 9 heteroatoms. The van der Waals surface area contributed by atoms with Gasteiger partial charge in [0.05, 0.1) is 33.0 Å². The molecule has 0 unspecified atom stereocenters. The zero-order valence-electron chi connectivity index (χ0n) is 13.9. The van der Waals surface area contributed by atoms with E-state index in [2.05, 4.69) is 20.6 Å². The van der Waals surface area contributed by atoms with Crippen molar-refractivity contribution in [1.29, 1.82) is 0 Å². The summed E-state index contributed by atoms with van der Waals surface area (Å²) < 4.78 is 15.6. The largest absolute Gasteiger partial charge is 0.318 e. The minimum Gasteiger partial charge on any atom is -0.318 e. The highest BCUT2D eigenvalue weighted by atomic mass is 35.5. The summed E-state index contributed by atoms with van der Waals surface area (Å²) >= 11 is 12.2. The number of carbonyl (C=O) groups excluding carboxylic acids is 1. The average molecular weight is 404 g/mol. The number of anilines is 1. The molecule has 0 fully saturated rings. The first-order chi connectivity index (χ1) is 12.9. The lowest BCUT2D eigenvalue weighted by molar-refractivity contribution is 0.102. The van der Waals surface area contributed by atoms with Crippen LogP contribution < -0.4 is 5.32 Å². The molecule has 0 spiro atoms. The van der Waals surface area contributed by atoms with Gasteiger partial charge in [0.2, 0.25) is 0 Å². The van der Waals surface area contributed by atoms with Crippen molar-refractivity contribution in [3.8, 4) is 11.3 Å². The third kappa shape index (κ3) is 3.15. The summed E-state index contributed by atoms with van der Waals surface area (Å²) in [5.74, 6) is -1.21. The Morgan fingerprint density at radius 1 is 1.26 bits per heavy atom. The number of nitrogens with one attached hydrogen (secondary N) is 2. The third-order valence-corrected chi connectivity index (χ3v) is 4.70. The van der Waals surface area contributed by atoms with Crippen LogP contribution in [0.4, 0.5) is 10.1 Å². The van der Waals surface area contributed by atoms with E-state index in [4.69, 9.17) is 23.2 Å². The molecule has 1 amide bonds. The second-order valence-corrected chi connectivity index (χ2v) is 6.72. The third-order valence-electron chi connectivity index (χ3n) is 4.07. The molecule has 0 radical (unpaired) electrons. The van der Waals surface area contributed by atoms with Crippen LogP contribution in [-0.2, 0) is 7.05 Å². The molecule has 0 saturated heterocycles. The van der Waals surface area contributed by atoms with Crippen molar-refractivity contribution in [1.82, 2.24) is 20.0 Å². The van der Waals surface area contributed by atoms with Crippen molar-refractivity contribution in [3.05, 3.63) is 64.2 Å². The van der Waals surface area contributed by atoms with E-state index in [-0.39, 0.29) is 21.3 Å². The van der Waals surface area contributed by atoms with Crippen LogP contribution in [0.2, 0.25) is 10.0 Å². The minimum atomic E-state index is -0.632. The van der Waals surface area contributed by atoms with Crippen molar-refractivity contribution in [3.63, 3.8) is 0 Å². The van der Waals surface area contributed by atoms with Gasteiger partial charge in [-0.3, -0.25) is 14.6 Å². The monoisotopic (exact) mass is 403 g/mol. The van der Waals surface area contributed by atoms with Gasteiger partial charge in [0, 0.05) is 24.2 Å². The Labute approximate surface area is 162 Å². The van der Waals surface area contributed by atoms with Crippen LogP contribution in [0.25, 0.3) is 22.2 Å². The van der Waals surface area contributed by atoms with E-state index >= 15 is 0 Å². The number of benzene rings is 2. The highest BCUT2D eigenvalue weighted by Gasteiger charge is 2.18. The van der Waals surface area contributed by atoms with Gasteiger partial charge in [-0.05, 0) is 24.3 Å². The Hall–Kier alpha value is -2.90. The van der Waals surface area contributed by atoms with Crippen LogP contribution in [0, 0.1) is 5.82 Å². The van der Waals surface area contributed by atoms with Crippen LogP contribution in [0.15, 0.2) is 42.7 Å². The standard InChI is InChI=1S/C18H12Cl2FN5O/c1-26-8-9(7-22-26)16-11-5-10(13(20)6-15(11)24-25-16)18(27)23-17-12(19)3-2-4-14(17)21/h2-8H,1H3,(H,23,27)(H,24,25). The minimum absolute atomic E-state index is 0.0971. The molecule has 2 heterocycles. The van der Waals surface area contributed by atoms with Crippen molar-refractivity contribution >= 4 is 45.7 Å². The van der Waals surface area contributed by atoms with Gasteiger partial charge < -0.3 is 5.32 Å². The number of nitrogens with zero attached hydrogens (tertiary/aromatic N) is 3. The molecule has 27 heavy (non-hydrogen) atoms. The number of carbonyl (C=O) groups is 1. The first-order valence-corrected chi connectivity index (χ1v) is 8.61. The molecule has 0 bridgehead atoms. The van der Waals surface area contributed by atoms with Crippen LogP contribution in [-0.4, -0.2) is 25.9 Å². The van der Waals surface area contributed by atoms with E-state index in [1.807, 2.05) is 6.20 Å². The first kappa shape index (κ1) is 17.5. The predicted octanol–water partition coefficient (Wildman–Crippen LogP) is 4.66. The first-order valence-electron chi connectivity index (χ1n) is 7.86. The van der Waals surface area contributed by atoms with Gasteiger partial charge in [-0.2, -0.15) is 10.2 Å². The fraction of sp³-hybridized carbons (Fsp3) is 0.0556. The van der Waals surface area contributed by atoms with E-state index in [1.54, 1.807) is 30.1 Å². The van der Waals surface area contributed by atoms with Gasteiger partial charge in [0.25, 0.3) is 5.91 Å². The molecule has 2 N–H and O–H groups in total. The zero-order valence-corrected chi connectivity index (χ0v) is 15.4. The summed E-state index contributed by atoms with van der Waals surface area (Å²) in [5.41, 5.74) is 2.16. The van der Waals surface area contributed by atoms with Crippen molar-refractivity contribution in [2.45, 2.75) is 0 Å². The molecule has 6 nitrogen and oxygen atoms in total. The van der Waals surface area contributed by atoms with Gasteiger partial charge in [-0.25, -0.2) is 4.39 Å². The molecule has 2 aromatic heterocycles. The van der Waals surface area contributed by atoms with E-state index in [0.29, 0.717) is 16.6 Å². The van der Waals surface area contributed by atoms with Crippen LogP contribution in [0.5, 0.6) is 0 Å². The van der Waals surface area contributed by atoms with Gasteiger partial charge in [-0.1, -0.05) is 29.3 Å². The Morgan fingerprint density at radius 2 is 2.07 bits per heavy atom. The number of rotatable bonds is 3. The molecule has 0 saturated carbocycles. The highest BCUT2D eigenvalue weighted by molar-refractivity contribution is 6.36. The number of para-hydroxylation sites is 1. The van der Waals surface area contributed by atoms with Crippen molar-refractivity contribution < 1.29 is 9.18 Å². The van der Waals surface area contributed by atoms with E-state index in [1.165, 1.54) is 18.2 Å². The second-order valence-electron chi connectivity index (χ2n) is 5.90. The van der Waals surface area contributed by atoms with E-state index < -0.39 is 11.7 Å². The predicted molar refractivity (Wildman–Crippen MR) is 103 cm³/mol. The summed E-state index contributed by atoms with van der Waals surface area (Å²) in [6.45, 7) is 0. The SMILES string of the molecule is Cn1cc(-c2n[nH]c3cc(Cl)c(C(=O)Nc4c(F)cccc4Cl)cc23)cn1. The Kier molecular flexibility index (Phi) is 4.33. The van der Waals surface area contributed by atoms with Crippen LogP contribution >= 0.6 is 23.2 Å². The molecular weight excluding hydrogens is 392 g/mol. The maximum Gasteiger partial charge on any atom is 0.257 e. The van der Waals surface area contributed by atoms with Gasteiger partial charge in [-0.15, -0.1) is 0 Å². The van der Waals surface area contributed by atoms with Crippen molar-refractivity contribution in [2.75, 3.05) is 5.32 Å². The molecule has 136 valence electrons. The number of aryl methyl sites for hydroxylation is 1. The molecular formula is C18H12Cl2FN5O. The highest BCUT2D eigenvalue weighted by Crippen LogP contribution is 2.31. The molecule has 2 aromatic carbocycles. The molecule has 0 aliphatic carbocycles. The number of aromatic nitrogens is 4. The van der Waals surface area contributed by atoms with Crippen LogP contribution in [0.3, 0.4) is 0 Å². The van der Waals surface area contributed by atoms with Gasteiger partial charge in [0.15, 0.2) is 0 Å². The van der Waals surface area contributed by atoms with Crippen molar-refractivity contribution in [2.24, 2.45) is 7.05 Å². The maximum atomic E-state index is 14.0. The number of amides is 1. The Bertz CT molecular complexity index is 1160. The summed E-state index contributed by atoms with van der Waals surface area (Å²) in [4.78, 5) is 12.7. The lowest BCUT2D eigenvalue weighted by atomic mass is 10.1. The zero-order chi connectivity index (χ0) is 19.1. The lowest BCUT2D eigenvalue weighted by Crippen LogP contribution is -2.14. The molecule has 0 aliphatic rings. The quantitative estimate of drug-likeness (QED) is 0.522. The fourth-order valence-corrected chi connectivity index (χ4v) is 3.23. The summed E-state index contributed by atoms with van der Waals surface area (Å²) in [5, 5.41) is 14.8. The number of H-pyrrole nitrogens is 1. The molecule has 4 aromatic rings.